The molecule has 1 aliphatic carbocycles. The Balaban J connectivity index is 2.06. The maximum absolute atomic E-state index is 12.0. The molecule has 1 fully saturated rings. The highest BCUT2D eigenvalue weighted by atomic mass is 16.6. The van der Waals surface area contributed by atoms with Crippen molar-refractivity contribution in [1.29, 1.82) is 0 Å². The Bertz CT molecular complexity index is 870. The molecule has 0 saturated heterocycles. The SMILES string of the molecule is CCCCCC(=O)NCc1ccc(/C(N)=C2\CCCC(OC(=O)NCC)CC\C2=C(/C)N)cc1. The van der Waals surface area contributed by atoms with Crippen LogP contribution < -0.4 is 22.1 Å². The summed E-state index contributed by atoms with van der Waals surface area (Å²) in [4.78, 5) is 23.8. The van der Waals surface area contributed by atoms with Crippen molar-refractivity contribution >= 4 is 17.7 Å². The van der Waals surface area contributed by atoms with Gasteiger partial charge in [0.2, 0.25) is 5.91 Å². The van der Waals surface area contributed by atoms with E-state index in [0.717, 1.165) is 72.2 Å². The zero-order valence-corrected chi connectivity index (χ0v) is 21.0. The first-order chi connectivity index (χ1) is 16.3. The zero-order valence-electron chi connectivity index (χ0n) is 21.0. The topological polar surface area (TPSA) is 119 Å². The van der Waals surface area contributed by atoms with Gasteiger partial charge in [0.15, 0.2) is 0 Å². The Morgan fingerprint density at radius 3 is 2.38 bits per heavy atom. The molecule has 0 radical (unpaired) electrons. The van der Waals surface area contributed by atoms with E-state index in [1.165, 1.54) is 0 Å². The van der Waals surface area contributed by atoms with Crippen LogP contribution in [0.5, 0.6) is 0 Å². The van der Waals surface area contributed by atoms with Crippen molar-refractivity contribution in [3.8, 4) is 0 Å². The van der Waals surface area contributed by atoms with E-state index in [4.69, 9.17) is 16.2 Å². The summed E-state index contributed by atoms with van der Waals surface area (Å²) in [6.45, 7) is 6.96. The van der Waals surface area contributed by atoms with Crippen molar-refractivity contribution in [3.63, 3.8) is 0 Å². The average molecular weight is 471 g/mol. The molecule has 0 heterocycles. The van der Waals surface area contributed by atoms with E-state index in [2.05, 4.69) is 17.6 Å². The molecule has 1 aromatic rings. The second-order valence-electron chi connectivity index (χ2n) is 8.97. The highest BCUT2D eigenvalue weighted by Gasteiger charge is 2.22. The third kappa shape index (κ3) is 8.76. The van der Waals surface area contributed by atoms with Gasteiger partial charge in [0.05, 0.1) is 0 Å². The van der Waals surface area contributed by atoms with Crippen LogP contribution in [0.25, 0.3) is 5.70 Å². The summed E-state index contributed by atoms with van der Waals surface area (Å²) in [7, 11) is 0. The van der Waals surface area contributed by atoms with Crippen LogP contribution in [0.2, 0.25) is 0 Å². The van der Waals surface area contributed by atoms with Crippen LogP contribution in [0.3, 0.4) is 0 Å². The molecular weight excluding hydrogens is 428 g/mol. The molecule has 1 aromatic carbocycles. The fourth-order valence-corrected chi connectivity index (χ4v) is 4.25. The molecule has 6 N–H and O–H groups in total. The van der Waals surface area contributed by atoms with Gasteiger partial charge in [-0.3, -0.25) is 4.79 Å². The summed E-state index contributed by atoms with van der Waals surface area (Å²) in [5.74, 6) is 0.0938. The molecule has 34 heavy (non-hydrogen) atoms. The van der Waals surface area contributed by atoms with Crippen LogP contribution in [-0.2, 0) is 16.1 Å². The Morgan fingerprint density at radius 2 is 1.74 bits per heavy atom. The molecule has 7 heteroatoms. The lowest BCUT2D eigenvalue weighted by Gasteiger charge is -2.25. The summed E-state index contributed by atoms with van der Waals surface area (Å²) in [5, 5.41) is 5.68. The number of carbonyl (C=O) groups is 2. The van der Waals surface area contributed by atoms with Crippen LogP contribution >= 0.6 is 0 Å². The summed E-state index contributed by atoms with van der Waals surface area (Å²) in [6.07, 6.45) is 7.07. The Kier molecular flexibility index (Phi) is 11.5. The smallest absolute Gasteiger partial charge is 0.407 e. The second-order valence-corrected chi connectivity index (χ2v) is 8.97. The molecule has 0 aliphatic heterocycles. The standard InChI is InChI=1S/C27H42N4O3/c1-4-6-7-11-25(32)31-18-20-12-14-21(15-13-20)26(29)24-10-8-9-22(34-27(33)30-5-2)16-17-23(24)19(3)28/h12-15,22H,4-11,16-18,28-29H2,1-3H3,(H,30,33)(H,31,32)/b23-19-,26-24-. The lowest BCUT2D eigenvalue weighted by Crippen LogP contribution is -2.29. The summed E-state index contributed by atoms with van der Waals surface area (Å²) in [5.41, 5.74) is 18.5. The summed E-state index contributed by atoms with van der Waals surface area (Å²) in [6, 6.07) is 8.02. The van der Waals surface area contributed by atoms with Crippen LogP contribution in [0, 0.1) is 0 Å². The lowest BCUT2D eigenvalue weighted by atomic mass is 9.86. The van der Waals surface area contributed by atoms with Crippen molar-refractivity contribution in [2.24, 2.45) is 11.5 Å². The van der Waals surface area contributed by atoms with Gasteiger partial charge in [-0.1, -0.05) is 44.0 Å². The predicted octanol–water partition coefficient (Wildman–Crippen LogP) is 4.86. The molecule has 2 rings (SSSR count). The van der Waals surface area contributed by atoms with Gasteiger partial charge >= 0.3 is 6.09 Å². The van der Waals surface area contributed by atoms with Crippen molar-refractivity contribution < 1.29 is 14.3 Å². The predicted molar refractivity (Wildman–Crippen MR) is 137 cm³/mol. The van der Waals surface area contributed by atoms with E-state index >= 15 is 0 Å². The number of hydrogen-bond acceptors (Lipinski definition) is 5. The number of nitrogens with one attached hydrogen (secondary N) is 2. The molecular formula is C27H42N4O3. The number of alkyl carbamates (subject to hydrolysis) is 1. The highest BCUT2D eigenvalue weighted by molar-refractivity contribution is 5.76. The van der Waals surface area contributed by atoms with Gasteiger partial charge < -0.3 is 26.8 Å². The average Bonchev–Trinajstić information content (AvgIpc) is 2.79. The molecule has 1 saturated carbocycles. The first-order valence-corrected chi connectivity index (χ1v) is 12.6. The minimum atomic E-state index is -0.365. The van der Waals surface area contributed by atoms with E-state index in [1.54, 1.807) is 0 Å². The number of unbranched alkanes of at least 4 members (excludes halogenated alkanes) is 2. The third-order valence-electron chi connectivity index (χ3n) is 6.19. The van der Waals surface area contributed by atoms with Crippen molar-refractivity contribution in [1.82, 2.24) is 10.6 Å². The van der Waals surface area contributed by atoms with Gasteiger partial charge in [-0.25, -0.2) is 4.79 Å². The van der Waals surface area contributed by atoms with Gasteiger partial charge in [-0.05, 0) is 74.6 Å². The van der Waals surface area contributed by atoms with E-state index in [9.17, 15) is 9.59 Å². The maximum Gasteiger partial charge on any atom is 0.407 e. The molecule has 1 atom stereocenters. The van der Waals surface area contributed by atoms with Gasteiger partial charge in [0.1, 0.15) is 6.10 Å². The van der Waals surface area contributed by atoms with Gasteiger partial charge in [0.25, 0.3) is 0 Å². The normalized spacial score (nSPS) is 19.4. The fraction of sp³-hybridized carbons (Fsp3) is 0.556. The molecule has 188 valence electrons. The summed E-state index contributed by atoms with van der Waals surface area (Å²) < 4.78 is 5.57. The molecule has 0 bridgehead atoms. The van der Waals surface area contributed by atoms with E-state index < -0.39 is 0 Å². The Labute approximate surface area is 204 Å². The molecule has 1 unspecified atom stereocenters. The van der Waals surface area contributed by atoms with Crippen LogP contribution in [0.1, 0.15) is 89.7 Å². The number of carbonyl (C=O) groups excluding carboxylic acids is 2. The van der Waals surface area contributed by atoms with E-state index in [-0.39, 0.29) is 18.1 Å². The number of benzene rings is 1. The van der Waals surface area contributed by atoms with Gasteiger partial charge in [-0.15, -0.1) is 0 Å². The first-order valence-electron chi connectivity index (χ1n) is 12.6. The Morgan fingerprint density at radius 1 is 1.00 bits per heavy atom. The fourth-order valence-electron chi connectivity index (χ4n) is 4.25. The van der Waals surface area contributed by atoms with Gasteiger partial charge in [0, 0.05) is 30.9 Å². The highest BCUT2D eigenvalue weighted by Crippen LogP contribution is 2.33. The van der Waals surface area contributed by atoms with E-state index in [0.29, 0.717) is 32.4 Å². The number of nitrogens with two attached hydrogens (primary N) is 2. The molecule has 7 nitrogen and oxygen atoms in total. The minimum absolute atomic E-state index is 0.0938. The number of rotatable bonds is 9. The molecule has 0 spiro atoms. The largest absolute Gasteiger partial charge is 0.446 e. The summed E-state index contributed by atoms with van der Waals surface area (Å²) >= 11 is 0. The molecule has 2 amide bonds. The van der Waals surface area contributed by atoms with Crippen LogP contribution in [0.15, 0.2) is 41.1 Å². The van der Waals surface area contributed by atoms with Crippen molar-refractivity contribution in [2.45, 2.75) is 91.2 Å². The van der Waals surface area contributed by atoms with Gasteiger partial charge in [-0.2, -0.15) is 0 Å². The second kappa shape index (κ2) is 14.3. The number of ether oxygens (including phenoxy) is 1. The molecule has 1 aliphatic rings. The monoisotopic (exact) mass is 470 g/mol. The number of allylic oxidation sites excluding steroid dienone is 3. The zero-order chi connectivity index (χ0) is 24.9. The molecule has 0 aromatic heterocycles. The maximum atomic E-state index is 12.0. The van der Waals surface area contributed by atoms with E-state index in [1.807, 2.05) is 38.1 Å². The first kappa shape index (κ1) is 27.3. The minimum Gasteiger partial charge on any atom is -0.446 e. The quantitative estimate of drug-likeness (QED) is 0.384. The van der Waals surface area contributed by atoms with Crippen molar-refractivity contribution in [2.75, 3.05) is 6.54 Å². The lowest BCUT2D eigenvalue weighted by molar-refractivity contribution is -0.121. The number of amides is 2. The van der Waals surface area contributed by atoms with Crippen molar-refractivity contribution in [3.05, 3.63) is 52.2 Å². The number of hydrogen-bond donors (Lipinski definition) is 4. The van der Waals surface area contributed by atoms with Crippen LogP contribution in [-0.4, -0.2) is 24.6 Å². The third-order valence-corrected chi connectivity index (χ3v) is 6.19. The Hall–Kier alpha value is -2.96. The van der Waals surface area contributed by atoms with Crippen LogP contribution in [0.4, 0.5) is 4.79 Å².